The molecule has 1 N–H and O–H groups in total. The Bertz CT molecular complexity index is 565. The van der Waals surface area contributed by atoms with Crippen LogP contribution in [0.25, 0.3) is 0 Å². The lowest BCUT2D eigenvalue weighted by Gasteiger charge is -2.25. The van der Waals surface area contributed by atoms with E-state index >= 15 is 0 Å². The second-order valence-corrected chi connectivity index (χ2v) is 6.79. The van der Waals surface area contributed by atoms with E-state index in [4.69, 9.17) is 9.39 Å². The number of hydrogen-bond donors (Lipinski definition) is 1. The van der Waals surface area contributed by atoms with Gasteiger partial charge in [0.2, 0.25) is 0 Å². The maximum Gasteiger partial charge on any atom is 0.492 e. The van der Waals surface area contributed by atoms with E-state index in [9.17, 15) is 9.82 Å². The van der Waals surface area contributed by atoms with E-state index in [1.165, 1.54) is 4.90 Å². The van der Waals surface area contributed by atoms with Crippen molar-refractivity contribution in [2.45, 2.75) is 45.8 Å². The number of benzene rings is 1. The number of carbonyl (C=O) groups is 1. The molecule has 0 saturated carbocycles. The van der Waals surface area contributed by atoms with Gasteiger partial charge in [-0.3, -0.25) is 4.90 Å². The minimum atomic E-state index is -0.970. The molecule has 0 spiro atoms. The molecule has 1 amide bonds. The maximum atomic E-state index is 12.1. The van der Waals surface area contributed by atoms with Crippen LogP contribution in [-0.4, -0.2) is 30.9 Å². The van der Waals surface area contributed by atoms with Crippen LogP contribution in [0.3, 0.4) is 0 Å². The Kier molecular flexibility index (Phi) is 3.80. The molecular weight excluding hydrogens is 269 g/mol. The first-order chi connectivity index (χ1) is 9.51. The van der Waals surface area contributed by atoms with Crippen molar-refractivity contribution in [2.24, 2.45) is 0 Å². The number of hydrogen-bond acceptors (Lipinski definition) is 4. The summed E-state index contributed by atoms with van der Waals surface area (Å²) in [6.45, 7) is 9.27. The standard InChI is InChI=1S/C15H22BNO4/c1-14(2,3)20-13(18)17(6)10-7-8-11-12(9-10)16(19)21-15(11,4)5/h7-9,19H,1-6H3. The molecule has 5 nitrogen and oxygen atoms in total. The topological polar surface area (TPSA) is 59.0 Å². The van der Waals surface area contributed by atoms with Gasteiger partial charge in [-0.2, -0.15) is 0 Å². The molecule has 0 atom stereocenters. The van der Waals surface area contributed by atoms with Crippen molar-refractivity contribution in [1.82, 2.24) is 0 Å². The number of ether oxygens (including phenoxy) is 1. The zero-order chi connectivity index (χ0) is 16.0. The van der Waals surface area contributed by atoms with Gasteiger partial charge in [-0.05, 0) is 57.8 Å². The molecule has 0 fully saturated rings. The Morgan fingerprint density at radius 3 is 2.57 bits per heavy atom. The van der Waals surface area contributed by atoms with Gasteiger partial charge in [0, 0.05) is 12.7 Å². The van der Waals surface area contributed by atoms with Crippen LogP contribution in [0.4, 0.5) is 10.5 Å². The highest BCUT2D eigenvalue weighted by molar-refractivity contribution is 6.62. The highest BCUT2D eigenvalue weighted by atomic mass is 16.6. The first kappa shape index (κ1) is 15.9. The zero-order valence-corrected chi connectivity index (χ0v) is 13.4. The maximum absolute atomic E-state index is 12.1. The Morgan fingerprint density at radius 2 is 2.00 bits per heavy atom. The summed E-state index contributed by atoms with van der Waals surface area (Å²) in [5.41, 5.74) is 1.19. The van der Waals surface area contributed by atoms with Gasteiger partial charge < -0.3 is 14.4 Å². The van der Waals surface area contributed by atoms with E-state index in [-0.39, 0.29) is 0 Å². The van der Waals surface area contributed by atoms with Gasteiger partial charge in [0.15, 0.2) is 0 Å². The van der Waals surface area contributed by atoms with E-state index in [0.717, 1.165) is 5.56 Å². The zero-order valence-electron chi connectivity index (χ0n) is 13.4. The number of fused-ring (bicyclic) bond motifs is 1. The molecule has 1 aliphatic rings. The molecule has 114 valence electrons. The molecule has 0 saturated heterocycles. The molecule has 2 rings (SSSR count). The molecule has 1 aliphatic heterocycles. The highest BCUT2D eigenvalue weighted by Crippen LogP contribution is 2.31. The van der Waals surface area contributed by atoms with Crippen LogP contribution in [0, 0.1) is 0 Å². The van der Waals surface area contributed by atoms with Gasteiger partial charge in [-0.25, -0.2) is 4.79 Å². The van der Waals surface area contributed by atoms with E-state index in [1.807, 2.05) is 46.8 Å². The molecule has 1 aromatic rings. The minimum Gasteiger partial charge on any atom is -0.443 e. The van der Waals surface area contributed by atoms with Gasteiger partial charge >= 0.3 is 13.2 Å². The third kappa shape index (κ3) is 3.22. The molecule has 21 heavy (non-hydrogen) atoms. The third-order valence-corrected chi connectivity index (χ3v) is 3.41. The normalized spacial score (nSPS) is 16.6. The molecule has 0 bridgehead atoms. The number of nitrogens with zero attached hydrogens (tertiary/aromatic N) is 1. The summed E-state index contributed by atoms with van der Waals surface area (Å²) < 4.78 is 10.9. The van der Waals surface area contributed by atoms with Crippen molar-refractivity contribution >= 4 is 24.4 Å². The lowest BCUT2D eigenvalue weighted by molar-refractivity contribution is 0.0589. The summed E-state index contributed by atoms with van der Waals surface area (Å²) in [6.07, 6.45) is -0.435. The molecule has 6 heteroatoms. The van der Waals surface area contributed by atoms with Crippen molar-refractivity contribution in [3.8, 4) is 0 Å². The van der Waals surface area contributed by atoms with Crippen LogP contribution in [0.2, 0.25) is 0 Å². The molecule has 1 heterocycles. The second-order valence-electron chi connectivity index (χ2n) is 6.79. The predicted molar refractivity (Wildman–Crippen MR) is 82.8 cm³/mol. The predicted octanol–water partition coefficient (Wildman–Crippen LogP) is 2.01. The van der Waals surface area contributed by atoms with Crippen molar-refractivity contribution in [2.75, 3.05) is 11.9 Å². The van der Waals surface area contributed by atoms with Crippen LogP contribution in [-0.2, 0) is 15.0 Å². The molecular formula is C15H22BNO4. The van der Waals surface area contributed by atoms with E-state index < -0.39 is 24.4 Å². The third-order valence-electron chi connectivity index (χ3n) is 3.41. The molecule has 1 aromatic carbocycles. The summed E-state index contributed by atoms with van der Waals surface area (Å²) in [7, 11) is 0.672. The Balaban J connectivity index is 2.27. The summed E-state index contributed by atoms with van der Waals surface area (Å²) in [4.78, 5) is 13.5. The molecule has 0 aliphatic carbocycles. The molecule has 0 radical (unpaired) electrons. The number of carbonyl (C=O) groups excluding carboxylic acids is 1. The van der Waals surface area contributed by atoms with Gasteiger partial charge in [0.1, 0.15) is 5.60 Å². The van der Waals surface area contributed by atoms with Crippen LogP contribution in [0.15, 0.2) is 18.2 Å². The monoisotopic (exact) mass is 291 g/mol. The van der Waals surface area contributed by atoms with E-state index in [2.05, 4.69) is 0 Å². The lowest BCUT2D eigenvalue weighted by atomic mass is 9.78. The number of rotatable bonds is 1. The summed E-state index contributed by atoms with van der Waals surface area (Å²) in [5.74, 6) is 0. The first-order valence-corrected chi connectivity index (χ1v) is 6.98. The lowest BCUT2D eigenvalue weighted by Crippen LogP contribution is -2.35. The van der Waals surface area contributed by atoms with Crippen LogP contribution >= 0.6 is 0 Å². The first-order valence-electron chi connectivity index (χ1n) is 6.98. The van der Waals surface area contributed by atoms with E-state index in [1.54, 1.807) is 13.1 Å². The number of amides is 1. The summed E-state index contributed by atoms with van der Waals surface area (Å²) in [6, 6.07) is 5.46. The second kappa shape index (κ2) is 5.03. The Morgan fingerprint density at radius 1 is 1.38 bits per heavy atom. The van der Waals surface area contributed by atoms with Crippen molar-refractivity contribution in [1.29, 1.82) is 0 Å². The smallest absolute Gasteiger partial charge is 0.443 e. The number of anilines is 1. The van der Waals surface area contributed by atoms with Gasteiger partial charge in [-0.15, -0.1) is 0 Å². The molecule has 0 unspecified atom stereocenters. The van der Waals surface area contributed by atoms with Crippen LogP contribution in [0.5, 0.6) is 0 Å². The SMILES string of the molecule is CN(C(=O)OC(C)(C)C)c1ccc2c(c1)B(O)OC2(C)C. The fraction of sp³-hybridized carbons (Fsp3) is 0.533. The van der Waals surface area contributed by atoms with Crippen molar-refractivity contribution in [3.63, 3.8) is 0 Å². The van der Waals surface area contributed by atoms with Crippen LogP contribution in [0.1, 0.15) is 40.2 Å². The van der Waals surface area contributed by atoms with Gasteiger partial charge in [-0.1, -0.05) is 6.07 Å². The fourth-order valence-electron chi connectivity index (χ4n) is 2.35. The summed E-state index contributed by atoms with van der Waals surface area (Å²) in [5, 5.41) is 9.99. The largest absolute Gasteiger partial charge is 0.492 e. The summed E-state index contributed by atoms with van der Waals surface area (Å²) >= 11 is 0. The van der Waals surface area contributed by atoms with Gasteiger partial charge in [0.25, 0.3) is 0 Å². The van der Waals surface area contributed by atoms with Crippen LogP contribution < -0.4 is 10.4 Å². The Labute approximate surface area is 126 Å². The Hall–Kier alpha value is -1.53. The fourth-order valence-corrected chi connectivity index (χ4v) is 2.35. The van der Waals surface area contributed by atoms with Crippen molar-refractivity contribution in [3.05, 3.63) is 23.8 Å². The van der Waals surface area contributed by atoms with E-state index in [0.29, 0.717) is 11.2 Å². The molecule has 0 aromatic heterocycles. The average molecular weight is 291 g/mol. The van der Waals surface area contributed by atoms with Crippen molar-refractivity contribution < 1.29 is 19.2 Å². The average Bonchev–Trinajstić information content (AvgIpc) is 2.56. The highest BCUT2D eigenvalue weighted by Gasteiger charge is 2.40. The quantitative estimate of drug-likeness (QED) is 0.804. The minimum absolute atomic E-state index is 0.435. The van der Waals surface area contributed by atoms with Gasteiger partial charge in [0.05, 0.1) is 5.60 Å².